The molecule has 0 aromatic carbocycles. The van der Waals surface area contributed by atoms with Crippen molar-refractivity contribution < 1.29 is 4.79 Å². The molecule has 3 N–H and O–H groups in total. The normalized spacial score (nSPS) is 17.1. The zero-order valence-corrected chi connectivity index (χ0v) is 8.79. The van der Waals surface area contributed by atoms with Crippen LogP contribution in [0, 0.1) is 5.41 Å². The lowest BCUT2D eigenvalue weighted by molar-refractivity contribution is 0.100. The second-order valence-corrected chi connectivity index (χ2v) is 4.43. The molecule has 1 saturated carbocycles. The standard InChI is InChI=1S/C11H15N3O/c1-11(4-5-11)7-14-10-8(9(12)15)3-2-6-13-10/h2-3,6H,4-5,7H2,1H3,(H2,12,15)(H,13,14). The van der Waals surface area contributed by atoms with Gasteiger partial charge in [0.15, 0.2) is 0 Å². The molecule has 80 valence electrons. The van der Waals surface area contributed by atoms with Crippen molar-refractivity contribution in [3.63, 3.8) is 0 Å². The number of nitrogens with two attached hydrogens (primary N) is 1. The predicted octanol–water partition coefficient (Wildman–Crippen LogP) is 1.39. The molecule has 0 bridgehead atoms. The van der Waals surface area contributed by atoms with E-state index in [-0.39, 0.29) is 0 Å². The summed E-state index contributed by atoms with van der Waals surface area (Å²) >= 11 is 0. The van der Waals surface area contributed by atoms with Gasteiger partial charge in [0.1, 0.15) is 5.82 Å². The molecule has 0 spiro atoms. The summed E-state index contributed by atoms with van der Waals surface area (Å²) in [5.74, 6) is 0.157. The second-order valence-electron chi connectivity index (χ2n) is 4.43. The van der Waals surface area contributed by atoms with Crippen molar-refractivity contribution in [2.45, 2.75) is 19.8 Å². The molecular formula is C11H15N3O. The monoisotopic (exact) mass is 205 g/mol. The van der Waals surface area contributed by atoms with Crippen LogP contribution in [0.5, 0.6) is 0 Å². The van der Waals surface area contributed by atoms with Crippen LogP contribution in [0.4, 0.5) is 5.82 Å². The number of carbonyl (C=O) groups is 1. The molecule has 1 aromatic heterocycles. The topological polar surface area (TPSA) is 68.0 Å². The van der Waals surface area contributed by atoms with E-state index in [0.717, 1.165) is 6.54 Å². The van der Waals surface area contributed by atoms with Crippen molar-refractivity contribution in [3.8, 4) is 0 Å². The molecule has 1 fully saturated rings. The van der Waals surface area contributed by atoms with E-state index >= 15 is 0 Å². The summed E-state index contributed by atoms with van der Waals surface area (Å²) < 4.78 is 0. The van der Waals surface area contributed by atoms with E-state index in [1.54, 1.807) is 18.3 Å². The molecule has 1 amide bonds. The Labute approximate surface area is 88.9 Å². The molecule has 0 unspecified atom stereocenters. The molecule has 0 aliphatic heterocycles. The van der Waals surface area contributed by atoms with Crippen molar-refractivity contribution in [2.24, 2.45) is 11.1 Å². The summed E-state index contributed by atoms with van der Waals surface area (Å²) in [5.41, 5.74) is 6.09. The third-order valence-electron chi connectivity index (χ3n) is 2.86. The van der Waals surface area contributed by atoms with Crippen molar-refractivity contribution in [1.29, 1.82) is 0 Å². The quantitative estimate of drug-likeness (QED) is 0.780. The highest BCUT2D eigenvalue weighted by atomic mass is 16.1. The van der Waals surface area contributed by atoms with E-state index in [2.05, 4.69) is 17.2 Å². The van der Waals surface area contributed by atoms with Gasteiger partial charge in [-0.1, -0.05) is 6.92 Å². The number of amides is 1. The van der Waals surface area contributed by atoms with Crippen LogP contribution in [-0.2, 0) is 0 Å². The molecule has 0 atom stereocenters. The minimum absolute atomic E-state index is 0.381. The van der Waals surface area contributed by atoms with Crippen molar-refractivity contribution >= 4 is 11.7 Å². The van der Waals surface area contributed by atoms with Crippen molar-refractivity contribution in [1.82, 2.24) is 4.98 Å². The third kappa shape index (κ3) is 2.26. The van der Waals surface area contributed by atoms with Crippen molar-refractivity contribution in [3.05, 3.63) is 23.9 Å². The first-order valence-corrected chi connectivity index (χ1v) is 5.09. The maximum atomic E-state index is 11.1. The molecule has 1 heterocycles. The second kappa shape index (κ2) is 3.53. The third-order valence-corrected chi connectivity index (χ3v) is 2.86. The van der Waals surface area contributed by atoms with E-state index in [9.17, 15) is 4.79 Å². The predicted molar refractivity (Wildman–Crippen MR) is 58.6 cm³/mol. The van der Waals surface area contributed by atoms with Crippen LogP contribution < -0.4 is 11.1 Å². The first kappa shape index (κ1) is 9.96. The number of rotatable bonds is 4. The van der Waals surface area contributed by atoms with Gasteiger partial charge in [0, 0.05) is 12.7 Å². The van der Waals surface area contributed by atoms with Gasteiger partial charge in [-0.3, -0.25) is 4.79 Å². The van der Waals surface area contributed by atoms with E-state index in [0.29, 0.717) is 16.8 Å². The van der Waals surface area contributed by atoms with Crippen LogP contribution in [0.2, 0.25) is 0 Å². The highest BCUT2D eigenvalue weighted by Gasteiger charge is 2.37. The number of carbonyl (C=O) groups excluding carboxylic acids is 1. The average Bonchev–Trinajstić information content (AvgIpc) is 2.95. The molecular weight excluding hydrogens is 190 g/mol. The van der Waals surface area contributed by atoms with E-state index in [4.69, 9.17) is 5.73 Å². The number of nitrogens with zero attached hydrogens (tertiary/aromatic N) is 1. The Balaban J connectivity index is 2.09. The van der Waals surface area contributed by atoms with Gasteiger partial charge >= 0.3 is 0 Å². The molecule has 1 aliphatic carbocycles. The summed E-state index contributed by atoms with van der Waals surface area (Å²) in [5, 5.41) is 3.19. The minimum Gasteiger partial charge on any atom is -0.369 e. The van der Waals surface area contributed by atoms with Crippen molar-refractivity contribution in [2.75, 3.05) is 11.9 Å². The first-order valence-electron chi connectivity index (χ1n) is 5.09. The van der Waals surface area contributed by atoms with Gasteiger partial charge in [0.2, 0.25) is 0 Å². The lowest BCUT2D eigenvalue weighted by Gasteiger charge is -2.12. The van der Waals surface area contributed by atoms with Crippen LogP contribution in [0.25, 0.3) is 0 Å². The van der Waals surface area contributed by atoms with Gasteiger partial charge < -0.3 is 11.1 Å². The largest absolute Gasteiger partial charge is 0.369 e. The molecule has 1 aromatic rings. The Kier molecular flexibility index (Phi) is 2.34. The van der Waals surface area contributed by atoms with Crippen LogP contribution in [-0.4, -0.2) is 17.4 Å². The summed E-state index contributed by atoms with van der Waals surface area (Å²) in [6, 6.07) is 3.40. The van der Waals surface area contributed by atoms with Gasteiger partial charge in [-0.25, -0.2) is 4.98 Å². The first-order chi connectivity index (χ1) is 7.11. The molecule has 0 saturated heterocycles. The molecule has 2 rings (SSSR count). The Hall–Kier alpha value is -1.58. The van der Waals surface area contributed by atoms with Crippen LogP contribution in [0.15, 0.2) is 18.3 Å². The molecule has 4 nitrogen and oxygen atoms in total. The van der Waals surface area contributed by atoms with Crippen LogP contribution >= 0.6 is 0 Å². The van der Waals surface area contributed by atoms with Gasteiger partial charge in [-0.15, -0.1) is 0 Å². The molecule has 1 aliphatic rings. The Bertz CT molecular complexity index is 385. The fraction of sp³-hybridized carbons (Fsp3) is 0.455. The SMILES string of the molecule is CC1(CNc2ncccc2C(N)=O)CC1. The fourth-order valence-corrected chi connectivity index (χ4v) is 1.43. The fourth-order valence-electron chi connectivity index (χ4n) is 1.43. The Morgan fingerprint density at radius 2 is 2.40 bits per heavy atom. The van der Waals surface area contributed by atoms with E-state index < -0.39 is 5.91 Å². The number of anilines is 1. The summed E-state index contributed by atoms with van der Waals surface area (Å²) in [6.07, 6.45) is 4.13. The highest BCUT2D eigenvalue weighted by Crippen LogP contribution is 2.44. The number of pyridine rings is 1. The minimum atomic E-state index is -0.438. The van der Waals surface area contributed by atoms with E-state index in [1.165, 1.54) is 12.8 Å². The lowest BCUT2D eigenvalue weighted by atomic mass is 10.1. The zero-order valence-electron chi connectivity index (χ0n) is 8.79. The molecule has 15 heavy (non-hydrogen) atoms. The molecule has 0 radical (unpaired) electrons. The van der Waals surface area contributed by atoms with Gasteiger partial charge in [-0.05, 0) is 30.4 Å². The smallest absolute Gasteiger partial charge is 0.252 e. The maximum absolute atomic E-state index is 11.1. The summed E-state index contributed by atoms with van der Waals surface area (Å²) in [6.45, 7) is 3.07. The summed E-state index contributed by atoms with van der Waals surface area (Å²) in [7, 11) is 0. The Morgan fingerprint density at radius 1 is 1.67 bits per heavy atom. The van der Waals surface area contributed by atoms with Gasteiger partial charge in [-0.2, -0.15) is 0 Å². The van der Waals surface area contributed by atoms with Crippen LogP contribution in [0.1, 0.15) is 30.1 Å². The lowest BCUT2D eigenvalue weighted by Crippen LogP contribution is -2.18. The average molecular weight is 205 g/mol. The van der Waals surface area contributed by atoms with Gasteiger partial charge in [0.25, 0.3) is 5.91 Å². The number of hydrogen-bond acceptors (Lipinski definition) is 3. The zero-order chi connectivity index (χ0) is 10.9. The maximum Gasteiger partial charge on any atom is 0.252 e. The highest BCUT2D eigenvalue weighted by molar-refractivity contribution is 5.97. The number of aromatic nitrogens is 1. The molecule has 4 heteroatoms. The Morgan fingerprint density at radius 3 is 3.00 bits per heavy atom. The van der Waals surface area contributed by atoms with E-state index in [1.807, 2.05) is 0 Å². The number of hydrogen-bond donors (Lipinski definition) is 2. The summed E-state index contributed by atoms with van der Waals surface area (Å²) in [4.78, 5) is 15.2. The number of primary amides is 1. The number of nitrogens with one attached hydrogen (secondary N) is 1. The van der Waals surface area contributed by atoms with Gasteiger partial charge in [0.05, 0.1) is 5.56 Å². The van der Waals surface area contributed by atoms with Crippen LogP contribution in [0.3, 0.4) is 0 Å².